The number of hydrogen-bond donors (Lipinski definition) is 1. The summed E-state index contributed by atoms with van der Waals surface area (Å²) in [5, 5.41) is 2.77. The highest BCUT2D eigenvalue weighted by Crippen LogP contribution is 2.27. The summed E-state index contributed by atoms with van der Waals surface area (Å²) in [5.74, 6) is 0.453. The minimum atomic E-state index is -0.201. The number of hydrogen-bond acceptors (Lipinski definition) is 3. The Bertz CT molecular complexity index is 488. The third kappa shape index (κ3) is 4.34. The fourth-order valence-electron chi connectivity index (χ4n) is 1.66. The topological polar surface area (TPSA) is 55.4 Å². The molecule has 110 valence electrons. The molecule has 1 amide bonds. The van der Waals surface area contributed by atoms with Crippen molar-refractivity contribution >= 4 is 33.3 Å². The van der Waals surface area contributed by atoms with Crippen molar-refractivity contribution in [3.63, 3.8) is 0 Å². The number of halogens is 1. The number of carbonyl (C=O) groups is 2. The average Bonchev–Trinajstić information content (AvgIpc) is 2.47. The number of ether oxygens (including phenoxy) is 1. The Morgan fingerprint density at radius 3 is 2.55 bits per heavy atom. The summed E-state index contributed by atoms with van der Waals surface area (Å²) < 4.78 is 5.50. The monoisotopic (exact) mass is 341 g/mol. The number of anilines is 1. The maximum Gasteiger partial charge on any atom is 0.224 e. The second kappa shape index (κ2) is 8.04. The van der Waals surface area contributed by atoms with Crippen LogP contribution in [0.15, 0.2) is 18.2 Å². The van der Waals surface area contributed by atoms with Crippen molar-refractivity contribution in [1.29, 1.82) is 0 Å². The average molecular weight is 342 g/mol. The van der Waals surface area contributed by atoms with Crippen molar-refractivity contribution in [1.82, 2.24) is 0 Å². The van der Waals surface area contributed by atoms with Crippen LogP contribution in [0.25, 0.3) is 0 Å². The minimum Gasteiger partial charge on any atom is -0.492 e. The standard InChI is InChI=1S/C15H20BrNO3/c1-4-11(16)15(19)10-7-8-12(17-14(18)5-2)13(9-10)20-6-3/h7-9,11H,4-6H2,1-3H3,(H,17,18). The Labute approximate surface area is 128 Å². The first-order valence-corrected chi connectivity index (χ1v) is 7.69. The number of ketones is 1. The van der Waals surface area contributed by atoms with Crippen molar-refractivity contribution in [2.45, 2.75) is 38.4 Å². The lowest BCUT2D eigenvalue weighted by Gasteiger charge is -2.13. The van der Waals surface area contributed by atoms with Crippen molar-refractivity contribution in [2.24, 2.45) is 0 Å². The molecular formula is C15H20BrNO3. The van der Waals surface area contributed by atoms with Gasteiger partial charge < -0.3 is 10.1 Å². The van der Waals surface area contributed by atoms with Crippen LogP contribution in [0.4, 0.5) is 5.69 Å². The summed E-state index contributed by atoms with van der Waals surface area (Å²) in [7, 11) is 0. The van der Waals surface area contributed by atoms with Gasteiger partial charge in [-0.3, -0.25) is 9.59 Å². The van der Waals surface area contributed by atoms with Gasteiger partial charge in [-0.05, 0) is 31.5 Å². The summed E-state index contributed by atoms with van der Waals surface area (Å²) >= 11 is 3.35. The molecule has 1 aromatic carbocycles. The second-order valence-corrected chi connectivity index (χ2v) is 5.39. The van der Waals surface area contributed by atoms with Gasteiger partial charge in [0.25, 0.3) is 0 Å². The minimum absolute atomic E-state index is 0.0156. The van der Waals surface area contributed by atoms with Gasteiger partial charge in [-0.25, -0.2) is 0 Å². The fourth-order valence-corrected chi connectivity index (χ4v) is 1.92. The molecule has 0 aliphatic heterocycles. The van der Waals surface area contributed by atoms with Crippen LogP contribution in [-0.2, 0) is 4.79 Å². The first kappa shape index (κ1) is 16.7. The van der Waals surface area contributed by atoms with E-state index in [1.165, 1.54) is 0 Å². The van der Waals surface area contributed by atoms with Gasteiger partial charge in [0.15, 0.2) is 5.78 Å². The van der Waals surface area contributed by atoms with Gasteiger partial charge in [-0.1, -0.05) is 29.8 Å². The van der Waals surface area contributed by atoms with Crippen LogP contribution in [0.3, 0.4) is 0 Å². The molecule has 0 aromatic heterocycles. The Balaban J connectivity index is 3.05. The molecule has 4 nitrogen and oxygen atoms in total. The van der Waals surface area contributed by atoms with Crippen LogP contribution < -0.4 is 10.1 Å². The highest BCUT2D eigenvalue weighted by atomic mass is 79.9. The number of carbonyl (C=O) groups excluding carboxylic acids is 2. The van der Waals surface area contributed by atoms with Crippen LogP contribution >= 0.6 is 15.9 Å². The Morgan fingerprint density at radius 2 is 2.00 bits per heavy atom. The van der Waals surface area contributed by atoms with Crippen LogP contribution in [0.1, 0.15) is 44.0 Å². The Kier molecular flexibility index (Phi) is 6.71. The van der Waals surface area contributed by atoms with Crippen molar-refractivity contribution in [3.8, 4) is 5.75 Å². The summed E-state index contributed by atoms with van der Waals surface area (Å²) in [5.41, 5.74) is 1.17. The second-order valence-electron chi connectivity index (χ2n) is 4.29. The van der Waals surface area contributed by atoms with E-state index in [0.717, 1.165) is 6.42 Å². The van der Waals surface area contributed by atoms with E-state index < -0.39 is 0 Å². The molecular weight excluding hydrogens is 322 g/mol. The largest absolute Gasteiger partial charge is 0.492 e. The van der Waals surface area contributed by atoms with Crippen molar-refractivity contribution < 1.29 is 14.3 Å². The maximum atomic E-state index is 12.1. The summed E-state index contributed by atoms with van der Waals surface area (Å²) in [6, 6.07) is 5.10. The fraction of sp³-hybridized carbons (Fsp3) is 0.467. The SMILES string of the molecule is CCOc1cc(C(=O)C(Br)CC)ccc1NC(=O)CC. The zero-order valence-electron chi connectivity index (χ0n) is 12.0. The summed E-state index contributed by atoms with van der Waals surface area (Å²) in [6.07, 6.45) is 1.11. The lowest BCUT2D eigenvalue weighted by atomic mass is 10.1. The van der Waals surface area contributed by atoms with Gasteiger partial charge in [0.2, 0.25) is 5.91 Å². The summed E-state index contributed by atoms with van der Waals surface area (Å²) in [6.45, 7) is 6.05. The van der Waals surface area contributed by atoms with E-state index in [0.29, 0.717) is 30.0 Å². The van der Waals surface area contributed by atoms with Crippen molar-refractivity contribution in [2.75, 3.05) is 11.9 Å². The number of alkyl halides is 1. The Hall–Kier alpha value is -1.36. The number of benzene rings is 1. The van der Waals surface area contributed by atoms with E-state index in [1.54, 1.807) is 25.1 Å². The molecule has 0 heterocycles. The lowest BCUT2D eigenvalue weighted by molar-refractivity contribution is -0.115. The molecule has 0 saturated heterocycles. The predicted molar refractivity (Wildman–Crippen MR) is 83.9 cm³/mol. The number of rotatable bonds is 7. The zero-order chi connectivity index (χ0) is 15.1. The third-order valence-corrected chi connectivity index (χ3v) is 3.87. The van der Waals surface area contributed by atoms with Gasteiger partial charge in [-0.15, -0.1) is 0 Å². The molecule has 0 spiro atoms. The van der Waals surface area contributed by atoms with E-state index in [2.05, 4.69) is 21.2 Å². The van der Waals surface area contributed by atoms with Gasteiger partial charge in [0.05, 0.1) is 17.1 Å². The molecule has 0 fully saturated rings. The molecule has 1 N–H and O–H groups in total. The molecule has 1 unspecified atom stereocenters. The number of amides is 1. The smallest absolute Gasteiger partial charge is 0.224 e. The van der Waals surface area contributed by atoms with E-state index in [1.807, 2.05) is 13.8 Å². The maximum absolute atomic E-state index is 12.1. The van der Waals surface area contributed by atoms with Crippen LogP contribution in [0, 0.1) is 0 Å². The molecule has 0 saturated carbocycles. The molecule has 0 bridgehead atoms. The van der Waals surface area contributed by atoms with Gasteiger partial charge in [0.1, 0.15) is 5.75 Å². The first-order chi connectivity index (χ1) is 9.53. The quantitative estimate of drug-likeness (QED) is 0.606. The third-order valence-electron chi connectivity index (χ3n) is 2.80. The van der Waals surface area contributed by atoms with Gasteiger partial charge >= 0.3 is 0 Å². The van der Waals surface area contributed by atoms with Crippen LogP contribution in [-0.4, -0.2) is 23.1 Å². The van der Waals surface area contributed by atoms with E-state index >= 15 is 0 Å². The zero-order valence-corrected chi connectivity index (χ0v) is 13.6. The summed E-state index contributed by atoms with van der Waals surface area (Å²) in [4.78, 5) is 23.4. The predicted octanol–water partition coefficient (Wildman–Crippen LogP) is 3.79. The van der Waals surface area contributed by atoms with Crippen LogP contribution in [0.2, 0.25) is 0 Å². The molecule has 0 radical (unpaired) electrons. The molecule has 0 aliphatic rings. The van der Waals surface area contributed by atoms with E-state index in [9.17, 15) is 9.59 Å². The normalized spacial score (nSPS) is 11.8. The Morgan fingerprint density at radius 1 is 1.30 bits per heavy atom. The van der Waals surface area contributed by atoms with E-state index in [4.69, 9.17) is 4.74 Å². The highest BCUT2D eigenvalue weighted by molar-refractivity contribution is 9.10. The lowest BCUT2D eigenvalue weighted by Crippen LogP contribution is -2.15. The number of Topliss-reactive ketones (excluding diaryl/α,β-unsaturated/α-hetero) is 1. The molecule has 0 aliphatic carbocycles. The van der Waals surface area contributed by atoms with Crippen LogP contribution in [0.5, 0.6) is 5.75 Å². The molecule has 1 atom stereocenters. The van der Waals surface area contributed by atoms with Crippen molar-refractivity contribution in [3.05, 3.63) is 23.8 Å². The highest BCUT2D eigenvalue weighted by Gasteiger charge is 2.17. The molecule has 1 aromatic rings. The first-order valence-electron chi connectivity index (χ1n) is 6.78. The van der Waals surface area contributed by atoms with E-state index in [-0.39, 0.29) is 16.5 Å². The molecule has 20 heavy (non-hydrogen) atoms. The van der Waals surface area contributed by atoms with Gasteiger partial charge in [0, 0.05) is 12.0 Å². The number of nitrogens with one attached hydrogen (secondary N) is 1. The van der Waals surface area contributed by atoms with Gasteiger partial charge in [-0.2, -0.15) is 0 Å². The molecule has 1 rings (SSSR count). The molecule has 5 heteroatoms.